The summed E-state index contributed by atoms with van der Waals surface area (Å²) in [4.78, 5) is 7.82. The molecule has 0 amide bonds. The van der Waals surface area contributed by atoms with Gasteiger partial charge in [0.15, 0.2) is 0 Å². The fourth-order valence-corrected chi connectivity index (χ4v) is 3.26. The molecule has 2 aromatic rings. The highest BCUT2D eigenvalue weighted by Crippen LogP contribution is 2.25. The maximum atomic E-state index is 12.3. The SMILES string of the molecule is O=S(=O)(Nc1cncnc1)c1ccc2c(c1)CCCN2. The highest BCUT2D eigenvalue weighted by Gasteiger charge is 2.17. The van der Waals surface area contributed by atoms with Crippen molar-refractivity contribution in [2.75, 3.05) is 16.6 Å². The van der Waals surface area contributed by atoms with Crippen LogP contribution in [-0.2, 0) is 16.4 Å². The molecule has 6 nitrogen and oxygen atoms in total. The molecule has 3 rings (SSSR count). The lowest BCUT2D eigenvalue weighted by Gasteiger charge is -2.18. The van der Waals surface area contributed by atoms with Crippen molar-refractivity contribution in [3.63, 3.8) is 0 Å². The molecule has 1 aromatic carbocycles. The van der Waals surface area contributed by atoms with E-state index >= 15 is 0 Å². The van der Waals surface area contributed by atoms with Gasteiger partial charge < -0.3 is 5.32 Å². The molecule has 0 bridgehead atoms. The van der Waals surface area contributed by atoms with Crippen molar-refractivity contribution >= 4 is 21.4 Å². The van der Waals surface area contributed by atoms with Crippen molar-refractivity contribution in [1.82, 2.24) is 9.97 Å². The molecule has 0 fully saturated rings. The summed E-state index contributed by atoms with van der Waals surface area (Å²) in [6.07, 6.45) is 6.09. The van der Waals surface area contributed by atoms with E-state index in [2.05, 4.69) is 20.0 Å². The fraction of sp³-hybridized carbons (Fsp3) is 0.231. The number of anilines is 2. The summed E-state index contributed by atoms with van der Waals surface area (Å²) in [7, 11) is -3.60. The summed E-state index contributed by atoms with van der Waals surface area (Å²) in [5.41, 5.74) is 2.39. The van der Waals surface area contributed by atoms with Crippen LogP contribution in [0.3, 0.4) is 0 Å². The number of rotatable bonds is 3. The summed E-state index contributed by atoms with van der Waals surface area (Å²) < 4.78 is 27.1. The van der Waals surface area contributed by atoms with Gasteiger partial charge in [-0.05, 0) is 36.6 Å². The molecule has 2 heterocycles. The highest BCUT2D eigenvalue weighted by atomic mass is 32.2. The molecule has 2 N–H and O–H groups in total. The highest BCUT2D eigenvalue weighted by molar-refractivity contribution is 7.92. The maximum Gasteiger partial charge on any atom is 0.262 e. The molecule has 0 aliphatic carbocycles. The first-order valence-corrected chi connectivity index (χ1v) is 7.78. The second-order valence-electron chi connectivity index (χ2n) is 4.58. The first kappa shape index (κ1) is 12.9. The maximum absolute atomic E-state index is 12.3. The minimum Gasteiger partial charge on any atom is -0.385 e. The normalized spacial score (nSPS) is 14.2. The molecule has 0 saturated carbocycles. The lowest BCUT2D eigenvalue weighted by molar-refractivity contribution is 0.601. The van der Waals surface area contributed by atoms with Crippen LogP contribution in [0.2, 0.25) is 0 Å². The summed E-state index contributed by atoms with van der Waals surface area (Å²) in [5.74, 6) is 0. The zero-order valence-electron chi connectivity index (χ0n) is 10.7. The Balaban J connectivity index is 1.91. The molecule has 104 valence electrons. The lowest BCUT2D eigenvalue weighted by Crippen LogP contribution is -2.16. The van der Waals surface area contributed by atoms with Crippen LogP contribution in [0.15, 0.2) is 41.8 Å². The topological polar surface area (TPSA) is 84.0 Å². The number of fused-ring (bicyclic) bond motifs is 1. The summed E-state index contributed by atoms with van der Waals surface area (Å²) in [6.45, 7) is 0.929. The van der Waals surface area contributed by atoms with Crippen LogP contribution in [0.4, 0.5) is 11.4 Å². The van der Waals surface area contributed by atoms with Crippen LogP contribution in [-0.4, -0.2) is 24.9 Å². The predicted octanol–water partition coefficient (Wildman–Crippen LogP) is 1.64. The minimum atomic E-state index is -3.60. The Morgan fingerprint density at radius 3 is 2.80 bits per heavy atom. The van der Waals surface area contributed by atoms with Crippen LogP contribution >= 0.6 is 0 Å². The van der Waals surface area contributed by atoms with Gasteiger partial charge >= 0.3 is 0 Å². The zero-order chi connectivity index (χ0) is 14.0. The van der Waals surface area contributed by atoms with E-state index in [4.69, 9.17) is 0 Å². The van der Waals surface area contributed by atoms with E-state index < -0.39 is 10.0 Å². The fourth-order valence-electron chi connectivity index (χ4n) is 2.18. The van der Waals surface area contributed by atoms with Crippen molar-refractivity contribution in [1.29, 1.82) is 0 Å². The zero-order valence-corrected chi connectivity index (χ0v) is 11.5. The number of hydrogen-bond acceptors (Lipinski definition) is 5. The Kier molecular flexibility index (Phi) is 3.27. The molecule has 1 aliphatic heterocycles. The summed E-state index contributed by atoms with van der Waals surface area (Å²) in [5, 5.41) is 3.26. The third-order valence-corrected chi connectivity index (χ3v) is 4.52. The van der Waals surface area contributed by atoms with Crippen molar-refractivity contribution in [3.05, 3.63) is 42.5 Å². The minimum absolute atomic E-state index is 0.254. The third kappa shape index (κ3) is 2.57. The number of sulfonamides is 1. The van der Waals surface area contributed by atoms with E-state index in [1.165, 1.54) is 18.7 Å². The molecular formula is C13H14N4O2S. The number of hydrogen-bond donors (Lipinski definition) is 2. The van der Waals surface area contributed by atoms with Crippen molar-refractivity contribution in [2.45, 2.75) is 17.7 Å². The molecule has 0 saturated heterocycles. The first-order valence-electron chi connectivity index (χ1n) is 6.30. The van der Waals surface area contributed by atoms with Crippen molar-refractivity contribution in [2.24, 2.45) is 0 Å². The van der Waals surface area contributed by atoms with Gasteiger partial charge in [-0.2, -0.15) is 0 Å². The number of nitrogens with one attached hydrogen (secondary N) is 2. The monoisotopic (exact) mass is 290 g/mol. The van der Waals surface area contributed by atoms with Crippen molar-refractivity contribution < 1.29 is 8.42 Å². The first-order chi connectivity index (χ1) is 9.65. The molecule has 0 unspecified atom stereocenters. The Hall–Kier alpha value is -2.15. The third-order valence-electron chi connectivity index (χ3n) is 3.14. The van der Waals surface area contributed by atoms with Gasteiger partial charge in [-0.3, -0.25) is 4.72 Å². The predicted molar refractivity (Wildman–Crippen MR) is 76.1 cm³/mol. The van der Waals surface area contributed by atoms with Gasteiger partial charge in [-0.15, -0.1) is 0 Å². The Bertz CT molecular complexity index is 716. The quantitative estimate of drug-likeness (QED) is 0.897. The average molecular weight is 290 g/mol. The smallest absolute Gasteiger partial charge is 0.262 e. The van der Waals surface area contributed by atoms with Gasteiger partial charge in [0.2, 0.25) is 0 Å². The molecule has 20 heavy (non-hydrogen) atoms. The second-order valence-corrected chi connectivity index (χ2v) is 6.26. The number of nitrogens with zero attached hydrogens (tertiary/aromatic N) is 2. The number of aryl methyl sites for hydroxylation is 1. The second kappa shape index (κ2) is 5.09. The van der Waals surface area contributed by atoms with E-state index in [0.29, 0.717) is 5.69 Å². The van der Waals surface area contributed by atoms with E-state index in [1.54, 1.807) is 12.1 Å². The van der Waals surface area contributed by atoms with Gasteiger partial charge in [0.25, 0.3) is 10.0 Å². The molecule has 0 spiro atoms. The summed E-state index contributed by atoms with van der Waals surface area (Å²) >= 11 is 0. The van der Waals surface area contributed by atoms with Gasteiger partial charge in [0.05, 0.1) is 23.0 Å². The number of aromatic nitrogens is 2. The molecule has 7 heteroatoms. The van der Waals surface area contributed by atoms with E-state index in [-0.39, 0.29) is 4.90 Å². The molecule has 0 atom stereocenters. The molecular weight excluding hydrogens is 276 g/mol. The van der Waals surface area contributed by atoms with Crippen LogP contribution < -0.4 is 10.0 Å². The number of benzene rings is 1. The van der Waals surface area contributed by atoms with Crippen LogP contribution in [0.5, 0.6) is 0 Å². The van der Waals surface area contributed by atoms with E-state index in [9.17, 15) is 8.42 Å². The van der Waals surface area contributed by atoms with Gasteiger partial charge in [-0.25, -0.2) is 18.4 Å². The van der Waals surface area contributed by atoms with Crippen LogP contribution in [0.1, 0.15) is 12.0 Å². The average Bonchev–Trinajstić information content (AvgIpc) is 2.47. The Morgan fingerprint density at radius 2 is 2.00 bits per heavy atom. The van der Waals surface area contributed by atoms with Gasteiger partial charge in [-0.1, -0.05) is 0 Å². The van der Waals surface area contributed by atoms with Crippen LogP contribution in [0, 0.1) is 0 Å². The Labute approximate surface area is 117 Å². The molecule has 0 radical (unpaired) electrons. The van der Waals surface area contributed by atoms with E-state index in [0.717, 1.165) is 30.6 Å². The lowest BCUT2D eigenvalue weighted by atomic mass is 10.0. The Morgan fingerprint density at radius 1 is 1.20 bits per heavy atom. The summed E-state index contributed by atoms with van der Waals surface area (Å²) in [6, 6.07) is 5.13. The standard InChI is InChI=1S/C13H14N4O2S/c18-20(19,17-11-7-14-9-15-8-11)12-3-4-13-10(6-12)2-1-5-16-13/h3-4,6-9,16-17H,1-2,5H2. The van der Waals surface area contributed by atoms with Crippen molar-refractivity contribution in [3.8, 4) is 0 Å². The van der Waals surface area contributed by atoms with Gasteiger partial charge in [0, 0.05) is 12.2 Å². The molecule has 1 aromatic heterocycles. The van der Waals surface area contributed by atoms with E-state index in [1.807, 2.05) is 6.07 Å². The largest absolute Gasteiger partial charge is 0.385 e. The van der Waals surface area contributed by atoms with Crippen LogP contribution in [0.25, 0.3) is 0 Å². The van der Waals surface area contributed by atoms with Gasteiger partial charge in [0.1, 0.15) is 6.33 Å². The molecule has 1 aliphatic rings.